The summed E-state index contributed by atoms with van der Waals surface area (Å²) in [4.78, 5) is 0. The van der Waals surface area contributed by atoms with Gasteiger partial charge in [0.2, 0.25) is 0 Å². The van der Waals surface area contributed by atoms with Gasteiger partial charge in [-0.05, 0) is 70.5 Å². The number of para-hydroxylation sites is 2. The Morgan fingerprint density at radius 1 is 0.536 bits per heavy atom. The van der Waals surface area contributed by atoms with Gasteiger partial charge in [0.05, 0.1) is 11.4 Å². The lowest BCUT2D eigenvalue weighted by atomic mass is 9.86. The van der Waals surface area contributed by atoms with E-state index in [-0.39, 0.29) is 0 Å². The molecular weight excluding hydrogens is 340 g/mol. The van der Waals surface area contributed by atoms with Crippen LogP contribution in [0.5, 0.6) is 0 Å². The standard InChI is InChI=1S/C18H16.C8H10N2/c1-3-7-15-13(5-1)9-11-18-16-8-4-2-6-14(16)10-12-17(15)18;1-2-4-8-7(3-1)9-5-6-10-8/h1,3,5,7,9-12H,2,4,6,8H2;1-4,9-10H,5-6H2. The van der Waals surface area contributed by atoms with Gasteiger partial charge < -0.3 is 10.6 Å². The van der Waals surface area contributed by atoms with Gasteiger partial charge in [-0.15, -0.1) is 0 Å². The topological polar surface area (TPSA) is 24.1 Å². The van der Waals surface area contributed by atoms with Gasteiger partial charge in [0.15, 0.2) is 0 Å². The minimum Gasteiger partial charge on any atom is -0.382 e. The van der Waals surface area contributed by atoms with Crippen LogP contribution in [0.1, 0.15) is 24.0 Å². The van der Waals surface area contributed by atoms with Gasteiger partial charge in [0.1, 0.15) is 0 Å². The number of hydrogen-bond acceptors (Lipinski definition) is 2. The second-order valence-corrected chi connectivity index (χ2v) is 7.69. The number of anilines is 2. The third-order valence-electron chi connectivity index (χ3n) is 5.94. The zero-order valence-electron chi connectivity index (χ0n) is 16.2. The summed E-state index contributed by atoms with van der Waals surface area (Å²) in [6.45, 7) is 2.05. The van der Waals surface area contributed by atoms with Crippen molar-refractivity contribution in [3.05, 3.63) is 83.9 Å². The molecule has 1 heterocycles. The molecule has 0 spiro atoms. The first kappa shape index (κ1) is 17.1. The molecule has 2 N–H and O–H groups in total. The van der Waals surface area contributed by atoms with Crippen LogP contribution >= 0.6 is 0 Å². The van der Waals surface area contributed by atoms with E-state index < -0.39 is 0 Å². The average Bonchev–Trinajstić information content (AvgIpc) is 2.79. The van der Waals surface area contributed by atoms with E-state index in [1.165, 1.54) is 58.6 Å². The maximum atomic E-state index is 3.30. The smallest absolute Gasteiger partial charge is 0.0576 e. The Kier molecular flexibility index (Phi) is 4.62. The van der Waals surface area contributed by atoms with Crippen molar-refractivity contribution in [1.29, 1.82) is 0 Å². The highest BCUT2D eigenvalue weighted by molar-refractivity contribution is 6.08. The molecule has 0 atom stereocenters. The van der Waals surface area contributed by atoms with Crippen LogP contribution in [0.3, 0.4) is 0 Å². The predicted molar refractivity (Wildman–Crippen MR) is 122 cm³/mol. The molecule has 4 aromatic rings. The zero-order valence-corrected chi connectivity index (χ0v) is 16.2. The number of aryl methyl sites for hydroxylation is 2. The van der Waals surface area contributed by atoms with Crippen LogP contribution < -0.4 is 10.6 Å². The molecule has 140 valence electrons. The van der Waals surface area contributed by atoms with E-state index in [9.17, 15) is 0 Å². The van der Waals surface area contributed by atoms with E-state index in [4.69, 9.17) is 0 Å². The fourth-order valence-corrected chi connectivity index (χ4v) is 4.53. The molecule has 4 aromatic carbocycles. The number of fused-ring (bicyclic) bond motifs is 6. The molecule has 1 aliphatic carbocycles. The second-order valence-electron chi connectivity index (χ2n) is 7.69. The summed E-state index contributed by atoms with van der Waals surface area (Å²) < 4.78 is 0. The summed E-state index contributed by atoms with van der Waals surface area (Å²) >= 11 is 0. The van der Waals surface area contributed by atoms with Crippen LogP contribution in [0.4, 0.5) is 11.4 Å². The van der Waals surface area contributed by atoms with Crippen molar-refractivity contribution in [1.82, 2.24) is 0 Å². The molecule has 2 nitrogen and oxygen atoms in total. The maximum absolute atomic E-state index is 3.30. The highest BCUT2D eigenvalue weighted by atomic mass is 15.0. The summed E-state index contributed by atoms with van der Waals surface area (Å²) in [7, 11) is 0. The highest BCUT2D eigenvalue weighted by Gasteiger charge is 2.13. The molecule has 1 aliphatic heterocycles. The fourth-order valence-electron chi connectivity index (χ4n) is 4.53. The van der Waals surface area contributed by atoms with E-state index in [1.807, 2.05) is 12.1 Å². The van der Waals surface area contributed by atoms with Crippen molar-refractivity contribution in [2.75, 3.05) is 23.7 Å². The molecule has 0 bridgehead atoms. The molecule has 0 aromatic heterocycles. The Balaban J connectivity index is 0.000000145. The number of rotatable bonds is 0. The first-order chi connectivity index (χ1) is 13.9. The number of hydrogen-bond donors (Lipinski definition) is 2. The monoisotopic (exact) mass is 366 g/mol. The SMILES string of the molecule is c1ccc2c(c1)NCCN2.c1ccc2c(c1)ccc1c3c(ccc12)CCCC3. The van der Waals surface area contributed by atoms with Crippen LogP contribution in [-0.2, 0) is 12.8 Å². The van der Waals surface area contributed by atoms with Crippen LogP contribution in [0.2, 0.25) is 0 Å². The first-order valence-corrected chi connectivity index (χ1v) is 10.4. The molecule has 6 rings (SSSR count). The van der Waals surface area contributed by atoms with E-state index >= 15 is 0 Å². The molecule has 0 saturated carbocycles. The normalized spacial score (nSPS) is 14.9. The van der Waals surface area contributed by atoms with Gasteiger partial charge in [-0.25, -0.2) is 0 Å². The van der Waals surface area contributed by atoms with Crippen LogP contribution in [0.15, 0.2) is 72.8 Å². The van der Waals surface area contributed by atoms with Crippen molar-refractivity contribution in [2.45, 2.75) is 25.7 Å². The second kappa shape index (κ2) is 7.55. The lowest BCUT2D eigenvalue weighted by Crippen LogP contribution is -2.19. The molecule has 28 heavy (non-hydrogen) atoms. The van der Waals surface area contributed by atoms with Crippen LogP contribution in [0.25, 0.3) is 21.5 Å². The van der Waals surface area contributed by atoms with Gasteiger partial charge in [-0.3, -0.25) is 0 Å². The molecule has 0 unspecified atom stereocenters. The Morgan fingerprint density at radius 2 is 1.21 bits per heavy atom. The van der Waals surface area contributed by atoms with Crippen molar-refractivity contribution in [3.63, 3.8) is 0 Å². The Morgan fingerprint density at radius 3 is 2.04 bits per heavy atom. The van der Waals surface area contributed by atoms with Gasteiger partial charge >= 0.3 is 0 Å². The number of benzene rings is 4. The minimum atomic E-state index is 1.02. The number of nitrogens with one attached hydrogen (secondary N) is 2. The Hall–Kier alpha value is -3.00. The molecule has 0 saturated heterocycles. The quantitative estimate of drug-likeness (QED) is 0.352. The van der Waals surface area contributed by atoms with Gasteiger partial charge in [0.25, 0.3) is 0 Å². The van der Waals surface area contributed by atoms with Crippen molar-refractivity contribution < 1.29 is 0 Å². The zero-order chi connectivity index (χ0) is 18.8. The van der Waals surface area contributed by atoms with Crippen LogP contribution in [0, 0.1) is 0 Å². The van der Waals surface area contributed by atoms with Crippen molar-refractivity contribution >= 4 is 32.9 Å². The van der Waals surface area contributed by atoms with E-state index in [0.717, 1.165) is 13.1 Å². The van der Waals surface area contributed by atoms with Crippen molar-refractivity contribution in [3.8, 4) is 0 Å². The van der Waals surface area contributed by atoms with E-state index in [1.54, 1.807) is 11.1 Å². The molecular formula is C26H26N2. The summed E-state index contributed by atoms with van der Waals surface area (Å²) in [6, 6.07) is 26.2. The van der Waals surface area contributed by atoms with E-state index in [2.05, 4.69) is 71.3 Å². The average molecular weight is 367 g/mol. The van der Waals surface area contributed by atoms with Crippen LogP contribution in [-0.4, -0.2) is 13.1 Å². The molecule has 0 radical (unpaired) electrons. The first-order valence-electron chi connectivity index (χ1n) is 10.4. The predicted octanol–water partition coefficient (Wildman–Crippen LogP) is 6.40. The van der Waals surface area contributed by atoms with E-state index in [0.29, 0.717) is 0 Å². The summed E-state index contributed by atoms with van der Waals surface area (Å²) in [5.74, 6) is 0. The third kappa shape index (κ3) is 3.20. The van der Waals surface area contributed by atoms with Gasteiger partial charge in [0, 0.05) is 13.1 Å². The molecule has 2 aliphatic rings. The van der Waals surface area contributed by atoms with Gasteiger partial charge in [-0.1, -0.05) is 60.7 Å². The summed E-state index contributed by atoms with van der Waals surface area (Å²) in [5.41, 5.74) is 5.61. The summed E-state index contributed by atoms with van der Waals surface area (Å²) in [5, 5.41) is 12.2. The third-order valence-corrected chi connectivity index (χ3v) is 5.94. The Labute approximate surface area is 166 Å². The maximum Gasteiger partial charge on any atom is 0.0576 e. The highest BCUT2D eigenvalue weighted by Crippen LogP contribution is 2.33. The molecule has 0 fully saturated rings. The lowest BCUT2D eigenvalue weighted by Gasteiger charge is -2.18. The lowest BCUT2D eigenvalue weighted by molar-refractivity contribution is 0.690. The molecule has 0 amide bonds. The molecule has 2 heteroatoms. The fraction of sp³-hybridized carbons (Fsp3) is 0.231. The van der Waals surface area contributed by atoms with Gasteiger partial charge in [-0.2, -0.15) is 0 Å². The minimum absolute atomic E-state index is 1.02. The largest absolute Gasteiger partial charge is 0.382 e. The Bertz CT molecular complexity index is 1100. The van der Waals surface area contributed by atoms with Crippen molar-refractivity contribution in [2.24, 2.45) is 0 Å². The summed E-state index contributed by atoms with van der Waals surface area (Å²) in [6.07, 6.45) is 5.22.